The summed E-state index contributed by atoms with van der Waals surface area (Å²) in [5.74, 6) is -0.800. The molecule has 2 rings (SSSR count). The molecule has 1 aromatic rings. The lowest BCUT2D eigenvalue weighted by Gasteiger charge is -2.37. The average molecular weight is 368 g/mol. The quantitative estimate of drug-likeness (QED) is 0.223. The van der Waals surface area contributed by atoms with Gasteiger partial charge in [-0.05, 0) is 37.8 Å². The van der Waals surface area contributed by atoms with Crippen LogP contribution in [0.5, 0.6) is 5.75 Å². The number of unbranched alkanes of at least 4 members (excludes halogenated alkanes) is 2. The van der Waals surface area contributed by atoms with Gasteiger partial charge >= 0.3 is 0 Å². The van der Waals surface area contributed by atoms with E-state index in [0.717, 1.165) is 62.5 Å². The summed E-state index contributed by atoms with van der Waals surface area (Å²) >= 11 is 0. The Kier molecular flexibility index (Phi) is 9.61. The van der Waals surface area contributed by atoms with Crippen LogP contribution in [0.3, 0.4) is 0 Å². The molecular formula is C18H30N3O5+. The number of hydrogen-bond acceptors (Lipinski definition) is 6. The number of aromatic nitrogens is 1. The monoisotopic (exact) mass is 368 g/mol. The Morgan fingerprint density at radius 1 is 1.31 bits per heavy atom. The zero-order chi connectivity index (χ0) is 19.4. The molecule has 0 saturated carbocycles. The SMILES string of the molecule is CC(=O)O.C[N+]1(CCCCCc2ccc(O)c(C=NO)n2)CCOCC1. The number of carboxylic acids is 1. The van der Waals surface area contributed by atoms with Crippen LogP contribution in [0.2, 0.25) is 0 Å². The van der Waals surface area contributed by atoms with Crippen LogP contribution in [-0.4, -0.2) is 77.0 Å². The Hall–Kier alpha value is -2.19. The number of likely N-dealkylation sites (N-methyl/N-ethyl adjacent to an activating group) is 1. The molecule has 0 aliphatic carbocycles. The van der Waals surface area contributed by atoms with Crippen LogP contribution in [-0.2, 0) is 16.0 Å². The molecule has 1 aliphatic rings. The van der Waals surface area contributed by atoms with Gasteiger partial charge in [0.2, 0.25) is 0 Å². The third kappa shape index (κ3) is 8.77. The number of ether oxygens (including phenoxy) is 1. The number of nitrogens with zero attached hydrogens (tertiary/aromatic N) is 3. The minimum atomic E-state index is -0.833. The molecule has 0 amide bonds. The van der Waals surface area contributed by atoms with Gasteiger partial charge in [0.05, 0.1) is 33.0 Å². The Bertz CT molecular complexity index is 582. The molecule has 1 saturated heterocycles. The lowest BCUT2D eigenvalue weighted by atomic mass is 10.1. The Morgan fingerprint density at radius 2 is 1.96 bits per heavy atom. The normalized spacial score (nSPS) is 16.1. The molecule has 1 aromatic heterocycles. The van der Waals surface area contributed by atoms with Crippen molar-refractivity contribution in [2.75, 3.05) is 39.9 Å². The number of carbonyl (C=O) groups is 1. The minimum Gasteiger partial charge on any atom is -0.506 e. The molecule has 0 bridgehead atoms. The van der Waals surface area contributed by atoms with Gasteiger partial charge < -0.3 is 24.6 Å². The summed E-state index contributed by atoms with van der Waals surface area (Å²) in [6.45, 7) is 6.27. The van der Waals surface area contributed by atoms with Crippen molar-refractivity contribution < 1.29 is 29.4 Å². The highest BCUT2D eigenvalue weighted by Crippen LogP contribution is 2.15. The number of hydrogen-bond donors (Lipinski definition) is 3. The van der Waals surface area contributed by atoms with E-state index in [2.05, 4.69) is 17.2 Å². The van der Waals surface area contributed by atoms with E-state index in [1.807, 2.05) is 6.07 Å². The molecule has 1 aliphatic heterocycles. The van der Waals surface area contributed by atoms with Gasteiger partial charge in [-0.2, -0.15) is 0 Å². The molecule has 8 heteroatoms. The van der Waals surface area contributed by atoms with Crippen molar-refractivity contribution in [1.82, 2.24) is 4.98 Å². The van der Waals surface area contributed by atoms with Crippen LogP contribution < -0.4 is 0 Å². The Labute approximate surface area is 154 Å². The molecule has 0 aromatic carbocycles. The van der Waals surface area contributed by atoms with E-state index in [1.54, 1.807) is 6.07 Å². The summed E-state index contributed by atoms with van der Waals surface area (Å²) in [6, 6.07) is 3.42. The van der Waals surface area contributed by atoms with E-state index >= 15 is 0 Å². The maximum atomic E-state index is 9.57. The molecule has 0 unspecified atom stereocenters. The summed E-state index contributed by atoms with van der Waals surface area (Å²) in [7, 11) is 2.31. The molecule has 0 spiro atoms. The van der Waals surface area contributed by atoms with Crippen molar-refractivity contribution in [3.63, 3.8) is 0 Å². The number of quaternary nitrogens is 1. The second-order valence-electron chi connectivity index (χ2n) is 6.68. The smallest absolute Gasteiger partial charge is 0.300 e. The standard InChI is InChI=1S/C16H25N3O3.C2H4O2/c1-19(9-11-22-12-10-19)8-4-2-3-5-14-6-7-16(20)15(18-14)13-17-21;1-2(3)4/h6-7,13H,2-5,8-12H2,1H3,(H-,17,18,20,21);1H3,(H,3,4)/p+1. The van der Waals surface area contributed by atoms with E-state index in [0.29, 0.717) is 5.69 Å². The largest absolute Gasteiger partial charge is 0.506 e. The second kappa shape index (κ2) is 11.4. The summed E-state index contributed by atoms with van der Waals surface area (Å²) in [4.78, 5) is 13.3. The fourth-order valence-electron chi connectivity index (χ4n) is 2.78. The molecule has 2 heterocycles. The lowest BCUT2D eigenvalue weighted by Crippen LogP contribution is -2.52. The third-order valence-electron chi connectivity index (χ3n) is 4.32. The first kappa shape index (κ1) is 21.9. The number of rotatable bonds is 7. The van der Waals surface area contributed by atoms with E-state index < -0.39 is 5.97 Å². The predicted octanol–water partition coefficient (Wildman–Crippen LogP) is 1.88. The minimum absolute atomic E-state index is 0.0336. The number of aryl methyl sites for hydroxylation is 1. The van der Waals surface area contributed by atoms with Crippen molar-refractivity contribution in [1.29, 1.82) is 0 Å². The highest BCUT2D eigenvalue weighted by atomic mass is 16.5. The molecule has 8 nitrogen and oxygen atoms in total. The maximum absolute atomic E-state index is 9.57. The molecular weight excluding hydrogens is 338 g/mol. The van der Waals surface area contributed by atoms with Crippen LogP contribution in [0.1, 0.15) is 37.6 Å². The van der Waals surface area contributed by atoms with E-state index in [1.165, 1.54) is 19.4 Å². The Balaban J connectivity index is 0.000000765. The van der Waals surface area contributed by atoms with Crippen molar-refractivity contribution in [3.05, 3.63) is 23.5 Å². The number of morpholine rings is 1. The molecule has 0 radical (unpaired) electrons. The number of aliphatic carboxylic acids is 1. The first-order valence-corrected chi connectivity index (χ1v) is 8.83. The van der Waals surface area contributed by atoms with E-state index in [-0.39, 0.29) is 5.75 Å². The molecule has 146 valence electrons. The average Bonchev–Trinajstić information content (AvgIpc) is 2.58. The third-order valence-corrected chi connectivity index (χ3v) is 4.32. The van der Waals surface area contributed by atoms with Gasteiger partial charge in [-0.3, -0.25) is 4.79 Å². The van der Waals surface area contributed by atoms with Crippen molar-refractivity contribution in [2.24, 2.45) is 5.16 Å². The first-order valence-electron chi connectivity index (χ1n) is 8.83. The van der Waals surface area contributed by atoms with Crippen LogP contribution in [0.15, 0.2) is 17.3 Å². The fraction of sp³-hybridized carbons (Fsp3) is 0.611. The fourth-order valence-corrected chi connectivity index (χ4v) is 2.78. The Morgan fingerprint density at radius 3 is 2.58 bits per heavy atom. The van der Waals surface area contributed by atoms with Crippen LogP contribution in [0, 0.1) is 0 Å². The summed E-state index contributed by atoms with van der Waals surface area (Å²) in [5, 5.41) is 28.4. The lowest BCUT2D eigenvalue weighted by molar-refractivity contribution is -0.917. The topological polar surface area (TPSA) is 112 Å². The van der Waals surface area contributed by atoms with Crippen LogP contribution in [0.25, 0.3) is 0 Å². The van der Waals surface area contributed by atoms with Gasteiger partial charge in [0, 0.05) is 12.6 Å². The van der Waals surface area contributed by atoms with Gasteiger partial charge in [-0.25, -0.2) is 4.98 Å². The zero-order valence-electron chi connectivity index (χ0n) is 15.6. The number of carboxylic acid groups (broad SMARTS) is 1. The van der Waals surface area contributed by atoms with Gasteiger partial charge in [0.25, 0.3) is 5.97 Å². The summed E-state index contributed by atoms with van der Waals surface area (Å²) in [6.07, 6.45) is 5.48. The molecule has 1 fully saturated rings. The van der Waals surface area contributed by atoms with Gasteiger partial charge in [-0.1, -0.05) is 5.16 Å². The van der Waals surface area contributed by atoms with Crippen LogP contribution >= 0.6 is 0 Å². The first-order chi connectivity index (χ1) is 12.4. The molecule has 0 atom stereocenters. The molecule has 3 N–H and O–H groups in total. The second-order valence-corrected chi connectivity index (χ2v) is 6.68. The van der Waals surface area contributed by atoms with Gasteiger partial charge in [0.15, 0.2) is 0 Å². The van der Waals surface area contributed by atoms with Gasteiger partial charge in [-0.15, -0.1) is 0 Å². The number of aromatic hydroxyl groups is 1. The zero-order valence-corrected chi connectivity index (χ0v) is 15.6. The van der Waals surface area contributed by atoms with Crippen LogP contribution in [0.4, 0.5) is 0 Å². The van der Waals surface area contributed by atoms with Crippen molar-refractivity contribution >= 4 is 12.2 Å². The highest BCUT2D eigenvalue weighted by Gasteiger charge is 2.24. The van der Waals surface area contributed by atoms with E-state index in [4.69, 9.17) is 19.8 Å². The van der Waals surface area contributed by atoms with Crippen molar-refractivity contribution in [3.8, 4) is 5.75 Å². The predicted molar refractivity (Wildman–Crippen MR) is 97.8 cm³/mol. The molecule has 26 heavy (non-hydrogen) atoms. The van der Waals surface area contributed by atoms with Gasteiger partial charge in [0.1, 0.15) is 24.5 Å². The maximum Gasteiger partial charge on any atom is 0.300 e. The summed E-state index contributed by atoms with van der Waals surface area (Å²) < 4.78 is 6.54. The number of oxime groups is 1. The van der Waals surface area contributed by atoms with Crippen molar-refractivity contribution in [2.45, 2.75) is 32.6 Å². The number of pyridine rings is 1. The van der Waals surface area contributed by atoms with E-state index in [9.17, 15) is 5.11 Å². The highest BCUT2D eigenvalue weighted by molar-refractivity contribution is 5.80. The summed E-state index contributed by atoms with van der Waals surface area (Å²) in [5.41, 5.74) is 1.23.